The molecule has 0 saturated heterocycles. The summed E-state index contributed by atoms with van der Waals surface area (Å²) in [5, 5.41) is 1.18. The van der Waals surface area contributed by atoms with E-state index in [9.17, 15) is 4.39 Å². The first-order valence-corrected chi connectivity index (χ1v) is 6.18. The largest absolute Gasteiger partial charge is 0.487 e. The maximum atomic E-state index is 12.8. The van der Waals surface area contributed by atoms with Crippen molar-refractivity contribution in [3.8, 4) is 5.75 Å². The van der Waals surface area contributed by atoms with Gasteiger partial charge in [0.05, 0.1) is 5.69 Å². The number of ether oxygens (including phenoxy) is 1. The highest BCUT2D eigenvalue weighted by atomic mass is 19.1. The highest BCUT2D eigenvalue weighted by Crippen LogP contribution is 2.20. The predicted molar refractivity (Wildman–Crippen MR) is 73.8 cm³/mol. The number of rotatable bonds is 3. The Kier molecular flexibility index (Phi) is 2.95. The molecule has 0 radical (unpaired) electrons. The van der Waals surface area contributed by atoms with Gasteiger partial charge in [0, 0.05) is 10.9 Å². The van der Waals surface area contributed by atoms with Gasteiger partial charge in [0.1, 0.15) is 18.2 Å². The summed E-state index contributed by atoms with van der Waals surface area (Å²) in [4.78, 5) is 3.35. The molecule has 2 aromatic carbocycles. The third-order valence-electron chi connectivity index (χ3n) is 3.13. The molecule has 3 heteroatoms. The quantitative estimate of drug-likeness (QED) is 0.745. The van der Waals surface area contributed by atoms with E-state index in [0.717, 1.165) is 11.2 Å². The van der Waals surface area contributed by atoms with Crippen LogP contribution in [0.2, 0.25) is 0 Å². The highest BCUT2D eigenvalue weighted by Gasteiger charge is 2.03. The van der Waals surface area contributed by atoms with Crippen LogP contribution in [0.4, 0.5) is 4.39 Å². The molecule has 2 nitrogen and oxygen atoms in total. The molecule has 1 aromatic heterocycles. The summed E-state index contributed by atoms with van der Waals surface area (Å²) in [6, 6.07) is 14.3. The van der Waals surface area contributed by atoms with Gasteiger partial charge in [-0.1, -0.05) is 18.2 Å². The second-order valence-corrected chi connectivity index (χ2v) is 4.58. The molecule has 0 bridgehead atoms. The second kappa shape index (κ2) is 4.76. The van der Waals surface area contributed by atoms with Gasteiger partial charge in [0.25, 0.3) is 0 Å². The number of aromatic amines is 1. The lowest BCUT2D eigenvalue weighted by atomic mass is 10.2. The van der Waals surface area contributed by atoms with Crippen LogP contribution in [0, 0.1) is 12.7 Å². The fraction of sp³-hybridized carbons (Fsp3) is 0.125. The third-order valence-corrected chi connectivity index (χ3v) is 3.13. The van der Waals surface area contributed by atoms with E-state index in [-0.39, 0.29) is 5.82 Å². The maximum Gasteiger partial charge on any atom is 0.128 e. The van der Waals surface area contributed by atoms with Gasteiger partial charge in [0.2, 0.25) is 0 Å². The molecule has 1 heterocycles. The molecule has 0 fully saturated rings. The van der Waals surface area contributed by atoms with Crippen molar-refractivity contribution in [2.24, 2.45) is 0 Å². The number of hydrogen-bond donors (Lipinski definition) is 1. The third kappa shape index (κ3) is 2.45. The Morgan fingerprint density at radius 2 is 1.89 bits per heavy atom. The van der Waals surface area contributed by atoms with E-state index in [1.165, 1.54) is 23.1 Å². The molecule has 0 aliphatic carbocycles. The average Bonchev–Trinajstić information content (AvgIpc) is 2.83. The molecule has 96 valence electrons. The van der Waals surface area contributed by atoms with E-state index in [1.807, 2.05) is 6.07 Å². The van der Waals surface area contributed by atoms with Crippen molar-refractivity contribution in [2.45, 2.75) is 13.5 Å². The van der Waals surface area contributed by atoms with Crippen molar-refractivity contribution in [2.75, 3.05) is 0 Å². The Bertz CT molecular complexity index is 700. The summed E-state index contributed by atoms with van der Waals surface area (Å²) >= 11 is 0. The summed E-state index contributed by atoms with van der Waals surface area (Å²) in [6.45, 7) is 2.52. The lowest BCUT2D eigenvalue weighted by molar-refractivity contribution is 0.302. The summed E-state index contributed by atoms with van der Waals surface area (Å²) in [6.07, 6.45) is 0. The molecular weight excluding hydrogens is 241 g/mol. The van der Waals surface area contributed by atoms with Crippen molar-refractivity contribution in [1.82, 2.24) is 4.98 Å². The molecule has 3 aromatic rings. The standard InChI is InChI=1S/C16H14FNO/c1-11-3-2-4-12-9-14(18-16(11)12)10-19-15-7-5-13(17)6-8-15/h2-9,18H,10H2,1H3. The summed E-state index contributed by atoms with van der Waals surface area (Å²) in [5.74, 6) is 0.408. The van der Waals surface area contributed by atoms with Crippen LogP contribution in [0.15, 0.2) is 48.5 Å². The first-order valence-electron chi connectivity index (χ1n) is 6.18. The van der Waals surface area contributed by atoms with E-state index < -0.39 is 0 Å². The second-order valence-electron chi connectivity index (χ2n) is 4.58. The minimum atomic E-state index is -0.256. The molecule has 0 aliphatic rings. The van der Waals surface area contributed by atoms with Crippen molar-refractivity contribution in [1.29, 1.82) is 0 Å². The van der Waals surface area contributed by atoms with E-state index in [2.05, 4.69) is 30.1 Å². The Morgan fingerprint density at radius 1 is 1.11 bits per heavy atom. The molecule has 0 aliphatic heterocycles. The summed E-state index contributed by atoms with van der Waals surface area (Å²) in [7, 11) is 0. The fourth-order valence-electron chi connectivity index (χ4n) is 2.14. The van der Waals surface area contributed by atoms with Gasteiger partial charge in [-0.25, -0.2) is 4.39 Å². The predicted octanol–water partition coefficient (Wildman–Crippen LogP) is 4.19. The van der Waals surface area contributed by atoms with Crippen molar-refractivity contribution in [3.05, 3.63) is 65.6 Å². The minimum absolute atomic E-state index is 0.256. The molecule has 1 N–H and O–H groups in total. The number of benzene rings is 2. The SMILES string of the molecule is Cc1cccc2cc(COc3ccc(F)cc3)[nH]c12. The number of aromatic nitrogens is 1. The van der Waals surface area contributed by atoms with E-state index >= 15 is 0 Å². The number of H-pyrrole nitrogens is 1. The van der Waals surface area contributed by atoms with Crippen LogP contribution < -0.4 is 4.74 Å². The van der Waals surface area contributed by atoms with Gasteiger partial charge in [-0.2, -0.15) is 0 Å². The van der Waals surface area contributed by atoms with Gasteiger partial charge < -0.3 is 9.72 Å². The molecule has 0 saturated carbocycles. The van der Waals surface area contributed by atoms with E-state index in [4.69, 9.17) is 4.74 Å². The number of halogens is 1. The van der Waals surface area contributed by atoms with Crippen molar-refractivity contribution < 1.29 is 9.13 Å². The van der Waals surface area contributed by atoms with Gasteiger partial charge in [0.15, 0.2) is 0 Å². The Morgan fingerprint density at radius 3 is 2.63 bits per heavy atom. The van der Waals surface area contributed by atoms with Crippen LogP contribution in [0.3, 0.4) is 0 Å². The lowest BCUT2D eigenvalue weighted by Crippen LogP contribution is -1.95. The number of hydrogen-bond acceptors (Lipinski definition) is 1. The zero-order valence-electron chi connectivity index (χ0n) is 10.6. The molecule has 0 unspecified atom stereocenters. The molecular formula is C16H14FNO. The van der Waals surface area contributed by atoms with Crippen molar-refractivity contribution in [3.63, 3.8) is 0 Å². The number of aryl methyl sites for hydroxylation is 1. The molecule has 0 spiro atoms. The van der Waals surface area contributed by atoms with Crippen LogP contribution in [0.25, 0.3) is 10.9 Å². The maximum absolute atomic E-state index is 12.8. The van der Waals surface area contributed by atoms with Crippen molar-refractivity contribution >= 4 is 10.9 Å². The lowest BCUT2D eigenvalue weighted by Gasteiger charge is -2.04. The molecule has 3 rings (SSSR count). The minimum Gasteiger partial charge on any atom is -0.487 e. The van der Waals surface area contributed by atoms with E-state index in [1.54, 1.807) is 12.1 Å². The van der Waals surface area contributed by atoms with Gasteiger partial charge in [-0.05, 0) is 42.8 Å². The van der Waals surface area contributed by atoms with Crippen LogP contribution in [-0.2, 0) is 6.61 Å². The summed E-state index contributed by atoms with van der Waals surface area (Å²) < 4.78 is 18.4. The number of para-hydroxylation sites is 1. The number of nitrogens with one attached hydrogen (secondary N) is 1. The van der Waals surface area contributed by atoms with Gasteiger partial charge >= 0.3 is 0 Å². The van der Waals surface area contributed by atoms with Gasteiger partial charge in [-0.3, -0.25) is 0 Å². The monoisotopic (exact) mass is 255 g/mol. The fourth-order valence-corrected chi connectivity index (χ4v) is 2.14. The average molecular weight is 255 g/mol. The van der Waals surface area contributed by atoms with Crippen LogP contribution in [-0.4, -0.2) is 4.98 Å². The van der Waals surface area contributed by atoms with Crippen LogP contribution in [0.5, 0.6) is 5.75 Å². The molecule has 0 atom stereocenters. The van der Waals surface area contributed by atoms with Gasteiger partial charge in [-0.15, -0.1) is 0 Å². The molecule has 0 amide bonds. The van der Waals surface area contributed by atoms with E-state index in [0.29, 0.717) is 12.4 Å². The van der Waals surface area contributed by atoms with Crippen LogP contribution in [0.1, 0.15) is 11.3 Å². The Balaban J connectivity index is 1.78. The highest BCUT2D eigenvalue weighted by molar-refractivity contribution is 5.83. The smallest absolute Gasteiger partial charge is 0.128 e. The zero-order chi connectivity index (χ0) is 13.2. The Labute approximate surface area is 110 Å². The first kappa shape index (κ1) is 11.8. The van der Waals surface area contributed by atoms with Crippen LogP contribution >= 0.6 is 0 Å². The first-order chi connectivity index (χ1) is 9.22. The normalized spacial score (nSPS) is 10.8. The number of fused-ring (bicyclic) bond motifs is 1. The Hall–Kier alpha value is -2.29. The topological polar surface area (TPSA) is 25.0 Å². The molecule has 19 heavy (non-hydrogen) atoms. The summed E-state index contributed by atoms with van der Waals surface area (Å²) in [5.41, 5.74) is 3.36. The zero-order valence-corrected chi connectivity index (χ0v) is 10.6.